The topological polar surface area (TPSA) is 59.4 Å². The number of urea groups is 1. The minimum Gasteiger partial charge on any atom is -0.321 e. The lowest BCUT2D eigenvalue weighted by Crippen LogP contribution is -2.47. The summed E-state index contributed by atoms with van der Waals surface area (Å²) in [6.45, 7) is 4.13. The number of carbonyl (C=O) groups is 1. The summed E-state index contributed by atoms with van der Waals surface area (Å²) in [5, 5.41) is 13.3. The highest BCUT2D eigenvalue weighted by molar-refractivity contribution is 6.42. The van der Waals surface area contributed by atoms with Crippen molar-refractivity contribution < 1.29 is 4.79 Å². The first kappa shape index (κ1) is 23.5. The van der Waals surface area contributed by atoms with Crippen LogP contribution in [0.2, 0.25) is 10.0 Å². The Labute approximate surface area is 211 Å². The minimum absolute atomic E-state index is 0.0633. The Morgan fingerprint density at radius 2 is 2.06 bits per heavy atom. The molecule has 5 rings (SSSR count). The number of likely N-dealkylation sites (tertiary alicyclic amines) is 1. The van der Waals surface area contributed by atoms with Crippen molar-refractivity contribution in [2.24, 2.45) is 5.92 Å². The molecule has 1 heterocycles. The number of amides is 2. The van der Waals surface area contributed by atoms with Gasteiger partial charge in [-0.1, -0.05) is 35.3 Å². The van der Waals surface area contributed by atoms with Crippen LogP contribution in [0.4, 0.5) is 10.5 Å². The monoisotopic (exact) mass is 496 g/mol. The van der Waals surface area contributed by atoms with E-state index in [1.165, 1.54) is 25.1 Å². The highest BCUT2D eigenvalue weighted by atomic mass is 35.5. The number of nitrogens with zero attached hydrogens (tertiary/aromatic N) is 3. The van der Waals surface area contributed by atoms with Crippen LogP contribution < -0.4 is 5.32 Å². The van der Waals surface area contributed by atoms with Crippen molar-refractivity contribution in [3.8, 4) is 6.07 Å². The van der Waals surface area contributed by atoms with Crippen molar-refractivity contribution in [2.75, 3.05) is 31.5 Å². The van der Waals surface area contributed by atoms with Gasteiger partial charge >= 0.3 is 6.03 Å². The third-order valence-corrected chi connectivity index (χ3v) is 8.71. The van der Waals surface area contributed by atoms with Gasteiger partial charge in [-0.25, -0.2) is 4.79 Å². The lowest BCUT2D eigenvalue weighted by Gasteiger charge is -2.38. The largest absolute Gasteiger partial charge is 0.322 e. The summed E-state index contributed by atoms with van der Waals surface area (Å²) < 4.78 is 0. The van der Waals surface area contributed by atoms with Gasteiger partial charge in [-0.3, -0.25) is 0 Å². The number of hydrogen-bond acceptors (Lipinski definition) is 3. The maximum absolute atomic E-state index is 13.4. The zero-order chi connectivity index (χ0) is 23.7. The molecule has 2 aromatic rings. The maximum atomic E-state index is 13.4. The van der Waals surface area contributed by atoms with Crippen LogP contribution in [0.5, 0.6) is 0 Å². The van der Waals surface area contributed by atoms with Gasteiger partial charge in [0.15, 0.2) is 0 Å². The van der Waals surface area contributed by atoms with E-state index in [-0.39, 0.29) is 17.5 Å². The molecule has 0 spiro atoms. The summed E-state index contributed by atoms with van der Waals surface area (Å²) in [5.41, 5.74) is 2.87. The van der Waals surface area contributed by atoms with Crippen molar-refractivity contribution in [1.29, 1.82) is 5.26 Å². The van der Waals surface area contributed by atoms with Crippen LogP contribution in [0.3, 0.4) is 0 Å². The smallest absolute Gasteiger partial charge is 0.321 e. The zero-order valence-electron chi connectivity index (χ0n) is 19.3. The summed E-state index contributed by atoms with van der Waals surface area (Å²) in [4.78, 5) is 17.9. The van der Waals surface area contributed by atoms with E-state index in [0.29, 0.717) is 21.7 Å². The Balaban J connectivity index is 1.27. The predicted molar refractivity (Wildman–Crippen MR) is 136 cm³/mol. The molecule has 34 heavy (non-hydrogen) atoms. The number of hydrogen-bond donors (Lipinski definition) is 1. The molecule has 3 fully saturated rings. The molecule has 1 unspecified atom stereocenters. The Morgan fingerprint density at radius 1 is 1.21 bits per heavy atom. The van der Waals surface area contributed by atoms with E-state index in [9.17, 15) is 10.1 Å². The van der Waals surface area contributed by atoms with E-state index < -0.39 is 0 Å². The van der Waals surface area contributed by atoms with Gasteiger partial charge in [0.05, 0.1) is 21.7 Å². The van der Waals surface area contributed by atoms with Crippen molar-refractivity contribution in [3.63, 3.8) is 0 Å². The van der Waals surface area contributed by atoms with Crippen molar-refractivity contribution in [3.05, 3.63) is 63.6 Å². The van der Waals surface area contributed by atoms with Crippen LogP contribution >= 0.6 is 23.2 Å². The zero-order valence-corrected chi connectivity index (χ0v) is 20.8. The molecule has 178 valence electrons. The number of nitrogens with one attached hydrogen (secondary N) is 1. The van der Waals surface area contributed by atoms with Crippen molar-refractivity contribution in [2.45, 2.75) is 50.0 Å². The fourth-order valence-electron chi connectivity index (χ4n) is 5.83. The van der Waals surface area contributed by atoms with E-state index >= 15 is 0 Å². The van der Waals surface area contributed by atoms with Crippen LogP contribution in [-0.2, 0) is 5.41 Å². The molecule has 5 nitrogen and oxygen atoms in total. The predicted octanol–water partition coefficient (Wildman–Crippen LogP) is 6.31. The average Bonchev–Trinajstić information content (AvgIpc) is 3.55. The first-order valence-corrected chi connectivity index (χ1v) is 13.0. The van der Waals surface area contributed by atoms with E-state index in [1.807, 2.05) is 12.1 Å². The number of halogens is 2. The van der Waals surface area contributed by atoms with Gasteiger partial charge < -0.3 is 15.1 Å². The van der Waals surface area contributed by atoms with E-state index in [4.69, 9.17) is 23.2 Å². The van der Waals surface area contributed by atoms with Gasteiger partial charge in [0.25, 0.3) is 0 Å². The summed E-state index contributed by atoms with van der Waals surface area (Å²) >= 11 is 12.2. The van der Waals surface area contributed by atoms with Crippen LogP contribution in [0, 0.1) is 17.2 Å². The summed E-state index contributed by atoms with van der Waals surface area (Å²) in [7, 11) is 0. The molecular weight excluding hydrogens is 467 g/mol. The highest BCUT2D eigenvalue weighted by Gasteiger charge is 2.58. The minimum atomic E-state index is -0.0633. The first-order chi connectivity index (χ1) is 16.5. The molecule has 0 radical (unpaired) electrons. The molecule has 2 aliphatic carbocycles. The standard InChI is InChI=1S/C27H30Cl2N4O/c28-24-7-6-22(16-25(24)29)31-26(34)33(13-3-12-32-10-2-11-32)23-8-9-27(17-21(27)15-23)20-5-1-4-19(14-20)18-30/h1,4-7,14,16,21,23H,2-3,8-13,15,17H2,(H,31,34)/t21?,23-,27-/m1/s1. The van der Waals surface area contributed by atoms with Crippen LogP contribution in [0.25, 0.3) is 0 Å². The van der Waals surface area contributed by atoms with Gasteiger partial charge in [0, 0.05) is 18.3 Å². The molecule has 0 bridgehead atoms. The van der Waals surface area contributed by atoms with Crippen molar-refractivity contribution in [1.82, 2.24) is 9.80 Å². The Kier molecular flexibility index (Phi) is 6.75. The van der Waals surface area contributed by atoms with Gasteiger partial charge in [-0.15, -0.1) is 0 Å². The second kappa shape index (κ2) is 9.77. The summed E-state index contributed by atoms with van der Waals surface area (Å²) in [6.07, 6.45) is 6.45. The first-order valence-electron chi connectivity index (χ1n) is 12.2. The maximum Gasteiger partial charge on any atom is 0.322 e. The average molecular weight is 497 g/mol. The lowest BCUT2D eigenvalue weighted by atomic mass is 9.80. The number of nitriles is 1. The van der Waals surface area contributed by atoms with Gasteiger partial charge in [-0.05, 0) is 105 Å². The second-order valence-electron chi connectivity index (χ2n) is 9.98. The summed E-state index contributed by atoms with van der Waals surface area (Å²) in [6, 6.07) is 15.7. The number of benzene rings is 2. The molecular formula is C27H30Cl2N4O. The van der Waals surface area contributed by atoms with Gasteiger partial charge in [0.1, 0.15) is 0 Å². The van der Waals surface area contributed by atoms with Crippen molar-refractivity contribution >= 4 is 34.9 Å². The van der Waals surface area contributed by atoms with E-state index in [2.05, 4.69) is 33.3 Å². The molecule has 7 heteroatoms. The van der Waals surface area contributed by atoms with E-state index in [1.54, 1.807) is 18.2 Å². The third-order valence-electron chi connectivity index (χ3n) is 7.97. The Hall–Kier alpha value is -2.26. The lowest BCUT2D eigenvalue weighted by molar-refractivity contribution is 0.141. The molecule has 2 amide bonds. The SMILES string of the molecule is N#Cc1cccc([C@]23CC[C@@H](N(CCCN4CCC4)C(=O)Nc4ccc(Cl)c(Cl)c4)CC2C3)c1. The fourth-order valence-corrected chi connectivity index (χ4v) is 6.13. The highest BCUT2D eigenvalue weighted by Crippen LogP contribution is 2.62. The number of anilines is 1. The summed E-state index contributed by atoms with van der Waals surface area (Å²) in [5.74, 6) is 0.566. The molecule has 1 N–H and O–H groups in total. The number of fused-ring (bicyclic) bond motifs is 1. The van der Waals surface area contributed by atoms with Crippen LogP contribution in [0.1, 0.15) is 49.7 Å². The molecule has 2 saturated carbocycles. The van der Waals surface area contributed by atoms with Gasteiger partial charge in [-0.2, -0.15) is 5.26 Å². The Morgan fingerprint density at radius 3 is 2.76 bits per heavy atom. The molecule has 3 aliphatic rings. The Bertz CT molecular complexity index is 1110. The molecule has 1 saturated heterocycles. The molecule has 0 aromatic heterocycles. The van der Waals surface area contributed by atoms with Crippen LogP contribution in [-0.4, -0.2) is 48.1 Å². The fraction of sp³-hybridized carbons (Fsp3) is 0.481. The molecule has 2 aromatic carbocycles. The van der Waals surface area contributed by atoms with E-state index in [0.717, 1.165) is 50.8 Å². The normalized spacial score (nSPS) is 25.6. The van der Waals surface area contributed by atoms with Crippen LogP contribution in [0.15, 0.2) is 42.5 Å². The second-order valence-corrected chi connectivity index (χ2v) is 10.8. The third kappa shape index (κ3) is 4.77. The van der Waals surface area contributed by atoms with Gasteiger partial charge in [0.2, 0.25) is 0 Å². The quantitative estimate of drug-likeness (QED) is 0.488. The molecule has 1 aliphatic heterocycles. The number of carbonyl (C=O) groups excluding carboxylic acids is 1. The molecule has 3 atom stereocenters. The number of rotatable bonds is 7.